The number of nitrogens with zero attached hydrogens (tertiary/aromatic N) is 1. The largest absolute Gasteiger partial charge is 0.296 e. The van der Waals surface area contributed by atoms with Crippen LogP contribution in [0.1, 0.15) is 23.0 Å². The van der Waals surface area contributed by atoms with Crippen molar-refractivity contribution in [2.75, 3.05) is 0 Å². The van der Waals surface area contributed by atoms with Gasteiger partial charge in [0.05, 0.1) is 6.20 Å². The number of hydrogen-bond donors (Lipinski definition) is 1. The lowest BCUT2D eigenvalue weighted by atomic mass is 10.1. The van der Waals surface area contributed by atoms with Crippen LogP contribution in [-0.2, 0) is 0 Å². The number of carbonyl (C=O) groups is 1. The molecule has 0 aliphatic heterocycles. The van der Waals surface area contributed by atoms with Crippen molar-refractivity contribution in [1.82, 2.24) is 10.2 Å². The maximum absolute atomic E-state index is 10.3. The lowest BCUT2D eigenvalue weighted by Crippen LogP contribution is -1.84. The Balaban J connectivity index is 3.13. The Hall–Kier alpha value is -1.38. The molecular formula is C7H8N2O. The van der Waals surface area contributed by atoms with Crippen molar-refractivity contribution < 1.29 is 4.79 Å². The van der Waals surface area contributed by atoms with Crippen molar-refractivity contribution in [2.45, 2.75) is 6.92 Å². The van der Waals surface area contributed by atoms with E-state index in [2.05, 4.69) is 16.8 Å². The maximum atomic E-state index is 10.3. The first-order valence-corrected chi connectivity index (χ1v) is 2.90. The van der Waals surface area contributed by atoms with Gasteiger partial charge in [0.1, 0.15) is 5.69 Å². The van der Waals surface area contributed by atoms with Crippen LogP contribution in [0.3, 0.4) is 0 Å². The molecule has 3 nitrogen and oxygen atoms in total. The maximum Gasteiger partial charge on any atom is 0.168 e. The smallest absolute Gasteiger partial charge is 0.168 e. The molecular weight excluding hydrogens is 128 g/mol. The fourth-order valence-electron chi connectivity index (χ4n) is 0.726. The van der Waals surface area contributed by atoms with Gasteiger partial charge in [-0.1, -0.05) is 6.58 Å². The fraction of sp³-hybridized carbons (Fsp3) is 0.143. The summed E-state index contributed by atoms with van der Waals surface area (Å²) in [5, 5.41) is 6.26. The molecule has 0 fully saturated rings. The van der Waals surface area contributed by atoms with E-state index in [1.807, 2.05) is 6.92 Å². The molecule has 0 saturated carbocycles. The normalized spacial score (nSPS) is 9.30. The summed E-state index contributed by atoms with van der Waals surface area (Å²) in [5.41, 5.74) is 2.12. The molecule has 0 bridgehead atoms. The topological polar surface area (TPSA) is 45.8 Å². The molecule has 0 spiro atoms. The Morgan fingerprint density at radius 2 is 2.60 bits per heavy atom. The number of nitrogens with one attached hydrogen (secondary N) is 1. The summed E-state index contributed by atoms with van der Waals surface area (Å²) >= 11 is 0. The molecule has 1 aromatic heterocycles. The van der Waals surface area contributed by atoms with Crippen molar-refractivity contribution in [3.63, 3.8) is 0 Å². The zero-order valence-electron chi connectivity index (χ0n) is 5.72. The van der Waals surface area contributed by atoms with Gasteiger partial charge in [0.15, 0.2) is 6.29 Å². The molecule has 3 heteroatoms. The minimum atomic E-state index is 0.493. The van der Waals surface area contributed by atoms with Gasteiger partial charge >= 0.3 is 0 Å². The number of carbonyl (C=O) groups excluding carboxylic acids is 1. The molecule has 52 valence electrons. The zero-order valence-corrected chi connectivity index (χ0v) is 5.72. The lowest BCUT2D eigenvalue weighted by molar-refractivity contribution is 0.111. The average molecular weight is 136 g/mol. The van der Waals surface area contributed by atoms with Crippen molar-refractivity contribution in [3.05, 3.63) is 24.0 Å². The van der Waals surface area contributed by atoms with Gasteiger partial charge in [0, 0.05) is 5.56 Å². The Morgan fingerprint density at radius 3 is 3.00 bits per heavy atom. The first kappa shape index (κ1) is 6.74. The van der Waals surface area contributed by atoms with Crippen LogP contribution in [0, 0.1) is 0 Å². The average Bonchev–Trinajstić information content (AvgIpc) is 2.33. The molecule has 0 unspecified atom stereocenters. The van der Waals surface area contributed by atoms with E-state index in [1.165, 1.54) is 0 Å². The zero-order chi connectivity index (χ0) is 7.56. The van der Waals surface area contributed by atoms with E-state index >= 15 is 0 Å². The summed E-state index contributed by atoms with van der Waals surface area (Å²) in [6.07, 6.45) is 2.32. The Kier molecular flexibility index (Phi) is 1.67. The highest BCUT2D eigenvalue weighted by Crippen LogP contribution is 2.11. The van der Waals surface area contributed by atoms with Crippen molar-refractivity contribution in [2.24, 2.45) is 0 Å². The summed E-state index contributed by atoms with van der Waals surface area (Å²) in [6.45, 7) is 5.52. The molecule has 0 amide bonds. The number of aromatic nitrogens is 2. The number of hydrogen-bond acceptors (Lipinski definition) is 2. The van der Waals surface area contributed by atoms with Crippen molar-refractivity contribution in [3.8, 4) is 0 Å². The highest BCUT2D eigenvalue weighted by molar-refractivity contribution is 5.81. The molecule has 1 aromatic rings. The third kappa shape index (κ3) is 0.978. The summed E-state index contributed by atoms with van der Waals surface area (Å²) < 4.78 is 0. The predicted molar refractivity (Wildman–Crippen MR) is 38.7 cm³/mol. The first-order chi connectivity index (χ1) is 4.75. The number of aldehydes is 1. The molecule has 0 radical (unpaired) electrons. The SMILES string of the molecule is C=C(C)c1cn[nH]c1C=O. The van der Waals surface area contributed by atoms with Gasteiger partial charge in [-0.2, -0.15) is 5.10 Å². The predicted octanol–water partition coefficient (Wildman–Crippen LogP) is 1.26. The summed E-state index contributed by atoms with van der Waals surface area (Å²) in [4.78, 5) is 10.3. The number of allylic oxidation sites excluding steroid dienone is 1. The van der Waals surface area contributed by atoms with Crippen LogP contribution in [0.15, 0.2) is 12.8 Å². The van der Waals surface area contributed by atoms with Gasteiger partial charge in [0.25, 0.3) is 0 Å². The number of H-pyrrole nitrogens is 1. The lowest BCUT2D eigenvalue weighted by Gasteiger charge is -1.91. The second-order valence-electron chi connectivity index (χ2n) is 2.10. The third-order valence-electron chi connectivity index (χ3n) is 1.25. The molecule has 0 atom stereocenters. The van der Waals surface area contributed by atoms with Crippen LogP contribution in [-0.4, -0.2) is 16.5 Å². The van der Waals surface area contributed by atoms with Crippen molar-refractivity contribution >= 4 is 11.9 Å². The highest BCUT2D eigenvalue weighted by atomic mass is 16.1. The number of rotatable bonds is 2. The number of aromatic amines is 1. The van der Waals surface area contributed by atoms with Gasteiger partial charge in [-0.25, -0.2) is 0 Å². The van der Waals surface area contributed by atoms with Crippen LogP contribution in [0.25, 0.3) is 5.57 Å². The molecule has 1 rings (SSSR count). The molecule has 1 heterocycles. The Bertz CT molecular complexity index is 262. The molecule has 0 aromatic carbocycles. The van der Waals surface area contributed by atoms with E-state index in [9.17, 15) is 4.79 Å². The van der Waals surface area contributed by atoms with Gasteiger partial charge in [-0.15, -0.1) is 0 Å². The van der Waals surface area contributed by atoms with Crippen LogP contribution >= 0.6 is 0 Å². The van der Waals surface area contributed by atoms with Crippen LogP contribution in [0.5, 0.6) is 0 Å². The molecule has 0 aliphatic carbocycles. The van der Waals surface area contributed by atoms with E-state index in [1.54, 1.807) is 6.20 Å². The standard InChI is InChI=1S/C7H8N2O/c1-5(2)6-3-8-9-7(6)4-10/h3-4H,1H2,2H3,(H,8,9). The second-order valence-corrected chi connectivity index (χ2v) is 2.10. The summed E-state index contributed by atoms with van der Waals surface area (Å²) in [7, 11) is 0. The van der Waals surface area contributed by atoms with Gasteiger partial charge in [-0.05, 0) is 12.5 Å². The first-order valence-electron chi connectivity index (χ1n) is 2.90. The molecule has 0 aliphatic rings. The van der Waals surface area contributed by atoms with E-state index in [0.29, 0.717) is 5.69 Å². The third-order valence-corrected chi connectivity index (χ3v) is 1.25. The quantitative estimate of drug-likeness (QED) is 0.622. The van der Waals surface area contributed by atoms with Crippen molar-refractivity contribution in [1.29, 1.82) is 0 Å². The summed E-state index contributed by atoms with van der Waals surface area (Å²) in [5.74, 6) is 0. The monoisotopic (exact) mass is 136 g/mol. The van der Waals surface area contributed by atoms with E-state index in [4.69, 9.17) is 0 Å². The Morgan fingerprint density at radius 1 is 1.90 bits per heavy atom. The summed E-state index contributed by atoms with van der Waals surface area (Å²) in [6, 6.07) is 0. The second kappa shape index (κ2) is 2.47. The van der Waals surface area contributed by atoms with Gasteiger partial charge in [-0.3, -0.25) is 9.89 Å². The highest BCUT2D eigenvalue weighted by Gasteiger charge is 2.02. The minimum absolute atomic E-state index is 0.493. The minimum Gasteiger partial charge on any atom is -0.296 e. The van der Waals surface area contributed by atoms with Crippen LogP contribution in [0.4, 0.5) is 0 Å². The van der Waals surface area contributed by atoms with Crippen LogP contribution < -0.4 is 0 Å². The Labute approximate surface area is 58.8 Å². The molecule has 10 heavy (non-hydrogen) atoms. The van der Waals surface area contributed by atoms with E-state index < -0.39 is 0 Å². The van der Waals surface area contributed by atoms with E-state index in [0.717, 1.165) is 17.4 Å². The van der Waals surface area contributed by atoms with Crippen LogP contribution in [0.2, 0.25) is 0 Å². The molecule has 0 saturated heterocycles. The van der Waals surface area contributed by atoms with Gasteiger partial charge in [0.2, 0.25) is 0 Å². The van der Waals surface area contributed by atoms with Gasteiger partial charge < -0.3 is 0 Å². The fourth-order valence-corrected chi connectivity index (χ4v) is 0.726. The molecule has 1 N–H and O–H groups in total. The van der Waals surface area contributed by atoms with E-state index in [-0.39, 0.29) is 0 Å².